The minimum absolute atomic E-state index is 0.102. The lowest BCUT2D eigenvalue weighted by atomic mass is 9.95. The van der Waals surface area contributed by atoms with Crippen molar-refractivity contribution < 1.29 is 24.7 Å². The molecule has 1 saturated heterocycles. The molecule has 0 saturated carbocycles. The summed E-state index contributed by atoms with van der Waals surface area (Å²) in [5.41, 5.74) is 0.355. The molecule has 8 nitrogen and oxygen atoms in total. The maximum atomic E-state index is 12.6. The Kier molecular flexibility index (Phi) is 5.43. The Morgan fingerprint density at radius 3 is 2.25 bits per heavy atom. The number of benzene rings is 2. The Balaban J connectivity index is 2.14. The molecule has 9 heteroatoms. The first-order valence-corrected chi connectivity index (χ1v) is 8.62. The van der Waals surface area contributed by atoms with Gasteiger partial charge in [0.2, 0.25) is 0 Å². The van der Waals surface area contributed by atoms with Crippen LogP contribution >= 0.6 is 11.6 Å². The van der Waals surface area contributed by atoms with Crippen molar-refractivity contribution in [3.05, 3.63) is 80.4 Å². The van der Waals surface area contributed by atoms with Crippen LogP contribution in [0.4, 0.5) is 5.69 Å². The van der Waals surface area contributed by atoms with Gasteiger partial charge in [0.1, 0.15) is 5.76 Å². The molecule has 2 aromatic carbocycles. The van der Waals surface area contributed by atoms with E-state index in [9.17, 15) is 29.9 Å². The molecule has 0 radical (unpaired) electrons. The zero-order valence-electron chi connectivity index (χ0n) is 14.4. The summed E-state index contributed by atoms with van der Waals surface area (Å²) in [6.45, 7) is -0.469. The lowest BCUT2D eigenvalue weighted by Crippen LogP contribution is -2.32. The van der Waals surface area contributed by atoms with Crippen molar-refractivity contribution >= 4 is 34.7 Å². The fraction of sp³-hybridized carbons (Fsp3) is 0.158. The number of nitro benzene ring substituents is 1. The molecular formula is C19H15ClN2O6. The number of hydrogen-bond donors (Lipinski definition) is 2. The predicted octanol–water partition coefficient (Wildman–Crippen LogP) is 2.66. The summed E-state index contributed by atoms with van der Waals surface area (Å²) in [5.74, 6) is -2.20. The standard InChI is InChI=1S/C19H15ClN2O6/c20-13-5-1-11(2-6-13)16-15(18(25)19(26)21(16)9-10-23)17(24)12-3-7-14(8-4-12)22(27)28/h1-8,16,23-24H,9-10H2/t16-/m0/s1. The molecule has 28 heavy (non-hydrogen) atoms. The lowest BCUT2D eigenvalue weighted by molar-refractivity contribution is -0.384. The SMILES string of the molecule is O=C1C(=O)N(CCO)[C@@H](c2ccc(Cl)cc2)C1=C(O)c1ccc([N+](=O)[O-])cc1. The quantitative estimate of drug-likeness (QED) is 0.261. The van der Waals surface area contributed by atoms with E-state index in [4.69, 9.17) is 11.6 Å². The molecule has 0 unspecified atom stereocenters. The van der Waals surface area contributed by atoms with Crippen LogP contribution in [0.25, 0.3) is 5.76 Å². The number of likely N-dealkylation sites (tertiary alicyclic amines) is 1. The molecule has 0 bridgehead atoms. The molecule has 1 amide bonds. The highest BCUT2D eigenvalue weighted by atomic mass is 35.5. The number of amides is 1. The first-order valence-electron chi connectivity index (χ1n) is 8.24. The zero-order chi connectivity index (χ0) is 20.4. The number of ketones is 1. The van der Waals surface area contributed by atoms with Crippen molar-refractivity contribution in [2.75, 3.05) is 13.2 Å². The molecule has 0 spiro atoms. The first-order chi connectivity index (χ1) is 13.3. The summed E-state index contributed by atoms with van der Waals surface area (Å²) in [6, 6.07) is 10.5. The van der Waals surface area contributed by atoms with Gasteiger partial charge in [-0.15, -0.1) is 0 Å². The van der Waals surface area contributed by atoms with E-state index in [2.05, 4.69) is 0 Å². The maximum absolute atomic E-state index is 12.6. The molecular weight excluding hydrogens is 388 g/mol. The van der Waals surface area contributed by atoms with Gasteiger partial charge in [0.05, 0.1) is 23.1 Å². The minimum atomic E-state index is -0.917. The number of aliphatic hydroxyl groups is 2. The van der Waals surface area contributed by atoms with Gasteiger partial charge in [-0.2, -0.15) is 0 Å². The summed E-state index contributed by atoms with van der Waals surface area (Å²) >= 11 is 5.90. The first kappa shape index (κ1) is 19.5. The third-order valence-corrected chi connectivity index (χ3v) is 4.67. The van der Waals surface area contributed by atoms with Crippen molar-refractivity contribution in [1.82, 2.24) is 4.90 Å². The number of carbonyl (C=O) groups excluding carboxylic acids is 2. The van der Waals surface area contributed by atoms with E-state index in [0.29, 0.717) is 10.6 Å². The molecule has 144 valence electrons. The van der Waals surface area contributed by atoms with Gasteiger partial charge in [-0.25, -0.2) is 0 Å². The number of hydrogen-bond acceptors (Lipinski definition) is 6. The van der Waals surface area contributed by atoms with Crippen LogP contribution < -0.4 is 0 Å². The van der Waals surface area contributed by atoms with Crippen LogP contribution in [0.1, 0.15) is 17.2 Å². The third-order valence-electron chi connectivity index (χ3n) is 4.42. The van der Waals surface area contributed by atoms with E-state index in [1.165, 1.54) is 29.2 Å². The van der Waals surface area contributed by atoms with Crippen LogP contribution in [0, 0.1) is 10.1 Å². The summed E-state index contributed by atoms with van der Waals surface area (Å²) in [4.78, 5) is 36.4. The van der Waals surface area contributed by atoms with Gasteiger partial charge in [-0.3, -0.25) is 19.7 Å². The van der Waals surface area contributed by atoms with Gasteiger partial charge in [0.15, 0.2) is 0 Å². The molecule has 1 aliphatic rings. The largest absolute Gasteiger partial charge is 0.507 e. The summed E-state index contributed by atoms with van der Waals surface area (Å²) < 4.78 is 0. The number of aliphatic hydroxyl groups excluding tert-OH is 2. The Bertz CT molecular complexity index is 969. The average molecular weight is 403 g/mol. The fourth-order valence-corrected chi connectivity index (χ4v) is 3.23. The van der Waals surface area contributed by atoms with Gasteiger partial charge < -0.3 is 15.1 Å². The van der Waals surface area contributed by atoms with Crippen LogP contribution in [0.15, 0.2) is 54.1 Å². The van der Waals surface area contributed by atoms with E-state index in [1.54, 1.807) is 24.3 Å². The maximum Gasteiger partial charge on any atom is 0.295 e. The normalized spacial score (nSPS) is 18.5. The number of Topliss-reactive ketones (excluding diaryl/α,β-unsaturated/α-hetero) is 1. The second-order valence-corrected chi connectivity index (χ2v) is 6.51. The number of carbonyl (C=O) groups is 2. The van der Waals surface area contributed by atoms with E-state index >= 15 is 0 Å². The van der Waals surface area contributed by atoms with Crippen molar-refractivity contribution in [2.45, 2.75) is 6.04 Å². The molecule has 1 aliphatic heterocycles. The van der Waals surface area contributed by atoms with Crippen LogP contribution in [-0.2, 0) is 9.59 Å². The molecule has 0 aromatic heterocycles. The van der Waals surface area contributed by atoms with Gasteiger partial charge in [0, 0.05) is 29.3 Å². The number of non-ortho nitro benzene ring substituents is 1. The number of nitrogens with zero attached hydrogens (tertiary/aromatic N) is 2. The average Bonchev–Trinajstić information content (AvgIpc) is 2.93. The molecule has 3 rings (SSSR count). The van der Waals surface area contributed by atoms with Gasteiger partial charge in [0.25, 0.3) is 17.4 Å². The number of β-amino-alcohol motifs (C(OH)–C–C–N with tert-alkyl or cyclic N) is 1. The fourth-order valence-electron chi connectivity index (χ4n) is 3.11. The Morgan fingerprint density at radius 2 is 1.71 bits per heavy atom. The predicted molar refractivity (Wildman–Crippen MR) is 101 cm³/mol. The molecule has 1 heterocycles. The van der Waals surface area contributed by atoms with E-state index in [0.717, 1.165) is 0 Å². The lowest BCUT2D eigenvalue weighted by Gasteiger charge is -2.24. The highest BCUT2D eigenvalue weighted by molar-refractivity contribution is 6.46. The smallest absolute Gasteiger partial charge is 0.295 e. The van der Waals surface area contributed by atoms with Crippen molar-refractivity contribution in [3.8, 4) is 0 Å². The third kappa shape index (κ3) is 3.47. The number of rotatable bonds is 5. The van der Waals surface area contributed by atoms with E-state index in [1.807, 2.05) is 0 Å². The molecule has 0 aliphatic carbocycles. The molecule has 2 aromatic rings. The van der Waals surface area contributed by atoms with E-state index < -0.39 is 28.4 Å². The highest BCUT2D eigenvalue weighted by Gasteiger charge is 2.45. The van der Waals surface area contributed by atoms with Crippen LogP contribution in [0.5, 0.6) is 0 Å². The summed E-state index contributed by atoms with van der Waals surface area (Å²) in [7, 11) is 0. The van der Waals surface area contributed by atoms with Crippen molar-refractivity contribution in [2.24, 2.45) is 0 Å². The van der Waals surface area contributed by atoms with E-state index in [-0.39, 0.29) is 30.0 Å². The van der Waals surface area contributed by atoms with Crippen LogP contribution in [0.3, 0.4) is 0 Å². The van der Waals surface area contributed by atoms with Crippen molar-refractivity contribution in [3.63, 3.8) is 0 Å². The Labute approximate surface area is 164 Å². The second kappa shape index (κ2) is 7.79. The summed E-state index contributed by atoms with van der Waals surface area (Å²) in [5, 5.41) is 31.3. The zero-order valence-corrected chi connectivity index (χ0v) is 15.2. The van der Waals surface area contributed by atoms with Gasteiger partial charge >= 0.3 is 0 Å². The molecule has 2 N–H and O–H groups in total. The van der Waals surface area contributed by atoms with Crippen LogP contribution in [0.2, 0.25) is 5.02 Å². The molecule has 1 atom stereocenters. The highest BCUT2D eigenvalue weighted by Crippen LogP contribution is 2.39. The minimum Gasteiger partial charge on any atom is -0.507 e. The topological polar surface area (TPSA) is 121 Å². The Hall–Kier alpha value is -3.23. The second-order valence-electron chi connectivity index (χ2n) is 6.07. The number of halogens is 1. The van der Waals surface area contributed by atoms with Gasteiger partial charge in [-0.05, 0) is 29.8 Å². The van der Waals surface area contributed by atoms with Gasteiger partial charge in [-0.1, -0.05) is 23.7 Å². The molecule has 1 fully saturated rings. The monoisotopic (exact) mass is 402 g/mol. The Morgan fingerprint density at radius 1 is 1.11 bits per heavy atom. The summed E-state index contributed by atoms with van der Waals surface area (Å²) in [6.07, 6.45) is 0. The van der Waals surface area contributed by atoms with Crippen molar-refractivity contribution in [1.29, 1.82) is 0 Å². The van der Waals surface area contributed by atoms with Crippen LogP contribution in [-0.4, -0.2) is 44.9 Å². The number of nitro groups is 1.